The van der Waals surface area contributed by atoms with Crippen molar-refractivity contribution in [3.8, 4) is 0 Å². The largest absolute Gasteiger partial charge is 0.354 e. The Morgan fingerprint density at radius 3 is 2.18 bits per heavy atom. The number of carbonyl (C=O) groups is 2. The van der Waals surface area contributed by atoms with E-state index in [-0.39, 0.29) is 17.3 Å². The van der Waals surface area contributed by atoms with Gasteiger partial charge < -0.3 is 10.2 Å². The highest BCUT2D eigenvalue weighted by atomic mass is 79.9. The van der Waals surface area contributed by atoms with Gasteiger partial charge in [-0.2, -0.15) is 0 Å². The standard InChI is InChI=1S/C29H34BrN3O4S/c1-3-5-19-31-29(35)27(4-2)32(21-23-13-8-6-9-14-23)28(34)22-33(25-16-12-15-24(30)20-25)38(36,37)26-17-10-7-11-18-26/h6-18,20,27H,3-5,19,21-22H2,1-2H3,(H,31,35). The number of unbranched alkanes of at least 4 members (excludes halogenated alkanes) is 1. The first-order chi connectivity index (χ1) is 18.3. The molecule has 1 atom stereocenters. The monoisotopic (exact) mass is 599 g/mol. The molecule has 0 aliphatic heterocycles. The molecule has 0 fully saturated rings. The Bertz CT molecular complexity index is 1300. The first-order valence-electron chi connectivity index (χ1n) is 12.7. The summed E-state index contributed by atoms with van der Waals surface area (Å²) in [6.07, 6.45) is 2.16. The van der Waals surface area contributed by atoms with E-state index in [0.717, 1.165) is 22.7 Å². The van der Waals surface area contributed by atoms with Gasteiger partial charge in [0.2, 0.25) is 11.8 Å². The van der Waals surface area contributed by atoms with E-state index < -0.39 is 28.5 Å². The summed E-state index contributed by atoms with van der Waals surface area (Å²) in [6, 6.07) is 23.5. The Labute approximate surface area is 234 Å². The minimum atomic E-state index is -4.08. The average Bonchev–Trinajstić information content (AvgIpc) is 2.92. The van der Waals surface area contributed by atoms with Gasteiger partial charge in [0.25, 0.3) is 10.0 Å². The number of nitrogens with one attached hydrogen (secondary N) is 1. The molecule has 0 radical (unpaired) electrons. The van der Waals surface area contributed by atoms with Crippen molar-refractivity contribution in [3.05, 3.63) is 95.0 Å². The molecule has 9 heteroatoms. The lowest BCUT2D eigenvalue weighted by atomic mass is 10.1. The van der Waals surface area contributed by atoms with Gasteiger partial charge in [-0.3, -0.25) is 13.9 Å². The molecule has 3 aromatic carbocycles. The molecule has 0 saturated carbocycles. The van der Waals surface area contributed by atoms with Crippen molar-refractivity contribution in [3.63, 3.8) is 0 Å². The Kier molecular flexibility index (Phi) is 10.9. The maximum Gasteiger partial charge on any atom is 0.264 e. The van der Waals surface area contributed by atoms with Crippen LogP contribution in [0.1, 0.15) is 38.7 Å². The zero-order chi connectivity index (χ0) is 27.5. The molecule has 3 rings (SSSR count). The molecule has 3 aromatic rings. The Morgan fingerprint density at radius 2 is 1.58 bits per heavy atom. The van der Waals surface area contributed by atoms with Crippen molar-refractivity contribution < 1.29 is 18.0 Å². The Balaban J connectivity index is 2.01. The maximum atomic E-state index is 14.0. The molecule has 7 nitrogen and oxygen atoms in total. The lowest BCUT2D eigenvalue weighted by molar-refractivity contribution is -0.140. The fourth-order valence-corrected chi connectivity index (χ4v) is 5.90. The molecule has 1 N–H and O–H groups in total. The van der Waals surface area contributed by atoms with Crippen LogP contribution in [0.15, 0.2) is 94.3 Å². The summed E-state index contributed by atoms with van der Waals surface area (Å²) in [5.41, 5.74) is 1.19. The summed E-state index contributed by atoms with van der Waals surface area (Å²) in [5.74, 6) is -0.712. The van der Waals surface area contributed by atoms with Crippen LogP contribution < -0.4 is 9.62 Å². The van der Waals surface area contributed by atoms with E-state index in [0.29, 0.717) is 23.1 Å². The first kappa shape index (κ1) is 29.4. The summed E-state index contributed by atoms with van der Waals surface area (Å²) in [6.45, 7) is 4.13. The van der Waals surface area contributed by atoms with Gasteiger partial charge in [0.05, 0.1) is 10.6 Å². The van der Waals surface area contributed by atoms with E-state index in [2.05, 4.69) is 21.2 Å². The number of hydrogen-bond acceptors (Lipinski definition) is 4. The average molecular weight is 601 g/mol. The van der Waals surface area contributed by atoms with E-state index >= 15 is 0 Å². The lowest BCUT2D eigenvalue weighted by Gasteiger charge is -2.33. The molecule has 0 heterocycles. The van der Waals surface area contributed by atoms with E-state index in [1.54, 1.807) is 42.5 Å². The number of amides is 2. The Morgan fingerprint density at radius 1 is 0.921 bits per heavy atom. The molecule has 0 aliphatic rings. The molecule has 0 aliphatic carbocycles. The predicted octanol–water partition coefficient (Wildman–Crippen LogP) is 5.37. The normalized spacial score (nSPS) is 12.0. The number of nitrogens with zero attached hydrogens (tertiary/aromatic N) is 2. The predicted molar refractivity (Wildman–Crippen MR) is 154 cm³/mol. The molecule has 202 valence electrons. The van der Waals surface area contributed by atoms with E-state index in [1.807, 2.05) is 44.2 Å². The molecular weight excluding hydrogens is 566 g/mol. The Hall–Kier alpha value is -3.17. The van der Waals surface area contributed by atoms with Gasteiger partial charge in [-0.25, -0.2) is 8.42 Å². The summed E-state index contributed by atoms with van der Waals surface area (Å²) < 4.78 is 29.3. The van der Waals surface area contributed by atoms with Crippen LogP contribution in [0.4, 0.5) is 5.69 Å². The molecule has 0 spiro atoms. The second-order valence-corrected chi connectivity index (χ2v) is 11.7. The van der Waals surface area contributed by atoms with E-state index in [4.69, 9.17) is 0 Å². The van der Waals surface area contributed by atoms with Crippen LogP contribution in [0.2, 0.25) is 0 Å². The number of rotatable bonds is 13. The van der Waals surface area contributed by atoms with Crippen LogP contribution in [-0.4, -0.2) is 44.3 Å². The molecule has 0 aromatic heterocycles. The van der Waals surface area contributed by atoms with Crippen LogP contribution in [0.25, 0.3) is 0 Å². The van der Waals surface area contributed by atoms with Gasteiger partial charge in [0, 0.05) is 17.6 Å². The van der Waals surface area contributed by atoms with Gasteiger partial charge in [-0.1, -0.05) is 90.8 Å². The van der Waals surface area contributed by atoms with Crippen LogP contribution in [-0.2, 0) is 26.2 Å². The quantitative estimate of drug-likeness (QED) is 0.268. The molecular formula is C29H34BrN3O4S. The van der Waals surface area contributed by atoms with Crippen LogP contribution in [0, 0.1) is 0 Å². The van der Waals surface area contributed by atoms with Gasteiger partial charge in [-0.15, -0.1) is 0 Å². The van der Waals surface area contributed by atoms with Crippen LogP contribution >= 0.6 is 15.9 Å². The maximum absolute atomic E-state index is 14.0. The molecule has 1 unspecified atom stereocenters. The number of hydrogen-bond donors (Lipinski definition) is 1. The molecule has 0 bridgehead atoms. The van der Waals surface area contributed by atoms with Crippen molar-refractivity contribution >= 4 is 43.5 Å². The fourth-order valence-electron chi connectivity index (χ4n) is 4.09. The number of benzene rings is 3. The van der Waals surface area contributed by atoms with Crippen molar-refractivity contribution in [1.82, 2.24) is 10.2 Å². The third kappa shape index (κ3) is 7.68. The zero-order valence-corrected chi connectivity index (χ0v) is 24.1. The van der Waals surface area contributed by atoms with Crippen LogP contribution in [0.5, 0.6) is 0 Å². The van der Waals surface area contributed by atoms with Crippen molar-refractivity contribution in [2.75, 3.05) is 17.4 Å². The number of carbonyl (C=O) groups excluding carboxylic acids is 2. The summed E-state index contributed by atoms with van der Waals surface area (Å²) in [5, 5.41) is 2.93. The molecule has 0 saturated heterocycles. The highest BCUT2D eigenvalue weighted by Gasteiger charge is 2.33. The number of anilines is 1. The molecule has 38 heavy (non-hydrogen) atoms. The fraction of sp³-hybridized carbons (Fsp3) is 0.310. The first-order valence-corrected chi connectivity index (χ1v) is 15.0. The summed E-state index contributed by atoms with van der Waals surface area (Å²) in [4.78, 5) is 28.7. The topological polar surface area (TPSA) is 86.8 Å². The molecule has 2 amide bonds. The third-order valence-corrected chi connectivity index (χ3v) is 8.40. The lowest BCUT2D eigenvalue weighted by Crippen LogP contribution is -2.52. The van der Waals surface area contributed by atoms with Crippen molar-refractivity contribution in [1.29, 1.82) is 0 Å². The van der Waals surface area contributed by atoms with Crippen molar-refractivity contribution in [2.45, 2.75) is 50.6 Å². The highest BCUT2D eigenvalue weighted by molar-refractivity contribution is 9.10. The van der Waals surface area contributed by atoms with Crippen LogP contribution in [0.3, 0.4) is 0 Å². The van der Waals surface area contributed by atoms with Crippen molar-refractivity contribution in [2.24, 2.45) is 0 Å². The second kappa shape index (κ2) is 14.1. The SMILES string of the molecule is CCCCNC(=O)C(CC)N(Cc1ccccc1)C(=O)CN(c1cccc(Br)c1)S(=O)(=O)c1ccccc1. The van der Waals surface area contributed by atoms with Gasteiger partial charge in [0.1, 0.15) is 12.6 Å². The van der Waals surface area contributed by atoms with E-state index in [1.165, 1.54) is 17.0 Å². The smallest absolute Gasteiger partial charge is 0.264 e. The minimum absolute atomic E-state index is 0.0757. The minimum Gasteiger partial charge on any atom is -0.354 e. The number of halogens is 1. The summed E-state index contributed by atoms with van der Waals surface area (Å²) >= 11 is 3.41. The highest BCUT2D eigenvalue weighted by Crippen LogP contribution is 2.27. The van der Waals surface area contributed by atoms with Gasteiger partial charge in [-0.05, 0) is 48.7 Å². The number of sulfonamides is 1. The van der Waals surface area contributed by atoms with E-state index in [9.17, 15) is 18.0 Å². The summed E-state index contributed by atoms with van der Waals surface area (Å²) in [7, 11) is -4.08. The third-order valence-electron chi connectivity index (χ3n) is 6.12. The van der Waals surface area contributed by atoms with Gasteiger partial charge >= 0.3 is 0 Å². The zero-order valence-electron chi connectivity index (χ0n) is 21.7. The second-order valence-electron chi connectivity index (χ2n) is 8.88. The van der Waals surface area contributed by atoms with Gasteiger partial charge in [0.15, 0.2) is 0 Å².